The van der Waals surface area contributed by atoms with Gasteiger partial charge in [0.05, 0.1) is 27.8 Å². The van der Waals surface area contributed by atoms with Crippen molar-refractivity contribution in [1.82, 2.24) is 24.1 Å². The van der Waals surface area contributed by atoms with Gasteiger partial charge in [0, 0.05) is 49.5 Å². The van der Waals surface area contributed by atoms with Gasteiger partial charge in [0.15, 0.2) is 17.5 Å². The summed E-state index contributed by atoms with van der Waals surface area (Å²) in [6, 6.07) is 79.3. The number of hydrogen-bond acceptors (Lipinski definition) is 3. The largest absolute Gasteiger partial charge is 0.309 e. The average Bonchev–Trinajstić information content (AvgIpc) is 3.87. The molecular formula is C57H37N5. The Hall–Kier alpha value is -8.41. The fourth-order valence-corrected chi connectivity index (χ4v) is 9.14. The topological polar surface area (TPSA) is 48.5 Å². The lowest BCUT2D eigenvalue weighted by molar-refractivity contribution is 1.06. The Balaban J connectivity index is 1.14. The third-order valence-corrected chi connectivity index (χ3v) is 12.0. The predicted molar refractivity (Wildman–Crippen MR) is 256 cm³/mol. The Morgan fingerprint density at radius 2 is 0.677 bits per heavy atom. The molecule has 5 heteroatoms. The van der Waals surface area contributed by atoms with E-state index in [0.29, 0.717) is 17.5 Å². The Morgan fingerprint density at radius 1 is 0.258 bits per heavy atom. The lowest BCUT2D eigenvalue weighted by Gasteiger charge is -2.19. The summed E-state index contributed by atoms with van der Waals surface area (Å²) in [5, 5.41) is 4.80. The summed E-state index contributed by atoms with van der Waals surface area (Å²) in [6.45, 7) is 0. The van der Waals surface area contributed by atoms with E-state index in [1.54, 1.807) is 0 Å². The molecule has 62 heavy (non-hydrogen) atoms. The molecule has 0 saturated carbocycles. The zero-order valence-electron chi connectivity index (χ0n) is 33.6. The maximum atomic E-state index is 5.35. The van der Waals surface area contributed by atoms with Crippen LogP contribution in [-0.2, 0) is 0 Å². The standard InChI is InChI=1S/C57H37N5/c1-4-17-38(18-5-1)39-31-33-42(34-32-39)56-58-55(41-21-8-3-9-22-41)59-57(60-56)49-27-16-26-44(40-19-6-2-7-20-40)54(49)62-52-30-15-12-25-47(52)48-36-35-43(37-53(48)62)61-50-28-13-10-23-45(50)46-24-11-14-29-51(46)61/h1-37H. The van der Waals surface area contributed by atoms with Gasteiger partial charge >= 0.3 is 0 Å². The molecule has 3 aromatic heterocycles. The van der Waals surface area contributed by atoms with E-state index in [0.717, 1.165) is 61.4 Å². The highest BCUT2D eigenvalue weighted by Gasteiger charge is 2.23. The van der Waals surface area contributed by atoms with Crippen molar-refractivity contribution in [3.8, 4) is 67.8 Å². The lowest BCUT2D eigenvalue weighted by atomic mass is 9.98. The summed E-state index contributed by atoms with van der Waals surface area (Å²) in [5.74, 6) is 1.82. The van der Waals surface area contributed by atoms with Crippen molar-refractivity contribution in [3.63, 3.8) is 0 Å². The molecule has 9 aromatic carbocycles. The minimum atomic E-state index is 0.596. The van der Waals surface area contributed by atoms with E-state index in [9.17, 15) is 0 Å². The first kappa shape index (κ1) is 35.5. The van der Waals surface area contributed by atoms with Gasteiger partial charge in [-0.05, 0) is 53.1 Å². The second kappa shape index (κ2) is 14.7. The van der Waals surface area contributed by atoms with Gasteiger partial charge in [-0.2, -0.15) is 0 Å². The smallest absolute Gasteiger partial charge is 0.166 e. The van der Waals surface area contributed by atoms with E-state index < -0.39 is 0 Å². The first-order valence-corrected chi connectivity index (χ1v) is 21.0. The highest BCUT2D eigenvalue weighted by molar-refractivity contribution is 6.12. The normalized spacial score (nSPS) is 11.5. The van der Waals surface area contributed by atoms with Crippen LogP contribution in [-0.4, -0.2) is 24.1 Å². The fraction of sp³-hybridized carbons (Fsp3) is 0. The molecule has 3 heterocycles. The van der Waals surface area contributed by atoms with Crippen LogP contribution in [0.1, 0.15) is 0 Å². The lowest BCUT2D eigenvalue weighted by Crippen LogP contribution is -2.05. The van der Waals surface area contributed by atoms with Crippen molar-refractivity contribution >= 4 is 43.6 Å². The molecule has 0 fully saturated rings. The highest BCUT2D eigenvalue weighted by atomic mass is 15.1. The van der Waals surface area contributed by atoms with Crippen molar-refractivity contribution in [2.45, 2.75) is 0 Å². The molecule has 12 rings (SSSR count). The molecular weight excluding hydrogens is 755 g/mol. The third kappa shape index (κ3) is 5.90. The van der Waals surface area contributed by atoms with Crippen LogP contribution in [0.25, 0.3) is 111 Å². The van der Waals surface area contributed by atoms with Gasteiger partial charge in [0.1, 0.15) is 0 Å². The van der Waals surface area contributed by atoms with Crippen LogP contribution in [0, 0.1) is 0 Å². The molecule has 0 radical (unpaired) electrons. The number of nitrogens with zero attached hydrogens (tertiary/aromatic N) is 5. The van der Waals surface area contributed by atoms with E-state index in [4.69, 9.17) is 15.0 Å². The molecule has 0 amide bonds. The number of hydrogen-bond donors (Lipinski definition) is 0. The molecule has 0 atom stereocenters. The van der Waals surface area contributed by atoms with Crippen molar-refractivity contribution in [2.24, 2.45) is 0 Å². The van der Waals surface area contributed by atoms with Crippen molar-refractivity contribution in [2.75, 3.05) is 0 Å². The second-order valence-electron chi connectivity index (χ2n) is 15.6. The van der Waals surface area contributed by atoms with Crippen LogP contribution < -0.4 is 0 Å². The van der Waals surface area contributed by atoms with Gasteiger partial charge in [-0.3, -0.25) is 0 Å². The van der Waals surface area contributed by atoms with Crippen LogP contribution in [0.15, 0.2) is 224 Å². The Labute approximate surface area is 358 Å². The Morgan fingerprint density at radius 3 is 1.27 bits per heavy atom. The summed E-state index contributed by atoms with van der Waals surface area (Å²) in [6.07, 6.45) is 0. The van der Waals surface area contributed by atoms with Gasteiger partial charge in [0.25, 0.3) is 0 Å². The minimum absolute atomic E-state index is 0.596. The molecule has 0 spiro atoms. The van der Waals surface area contributed by atoms with Crippen LogP contribution >= 0.6 is 0 Å². The molecule has 0 aliphatic rings. The number of fused-ring (bicyclic) bond motifs is 6. The molecule has 0 aliphatic carbocycles. The Kier molecular flexibility index (Phi) is 8.42. The highest BCUT2D eigenvalue weighted by Crippen LogP contribution is 2.42. The molecule has 0 N–H and O–H groups in total. The van der Waals surface area contributed by atoms with Crippen LogP contribution in [0.3, 0.4) is 0 Å². The average molecular weight is 792 g/mol. The summed E-state index contributed by atoms with van der Waals surface area (Å²) in [5.41, 5.74) is 13.8. The van der Waals surface area contributed by atoms with Crippen molar-refractivity contribution < 1.29 is 0 Å². The Bertz CT molecular complexity index is 3550. The van der Waals surface area contributed by atoms with E-state index in [1.165, 1.54) is 32.6 Å². The molecule has 0 saturated heterocycles. The minimum Gasteiger partial charge on any atom is -0.309 e. The summed E-state index contributed by atoms with van der Waals surface area (Å²) in [7, 11) is 0. The first-order valence-electron chi connectivity index (χ1n) is 21.0. The first-order chi connectivity index (χ1) is 30.8. The summed E-state index contributed by atoms with van der Waals surface area (Å²) < 4.78 is 4.82. The van der Waals surface area contributed by atoms with Crippen LogP contribution in [0.5, 0.6) is 0 Å². The fourth-order valence-electron chi connectivity index (χ4n) is 9.14. The van der Waals surface area contributed by atoms with Gasteiger partial charge in [-0.15, -0.1) is 0 Å². The monoisotopic (exact) mass is 791 g/mol. The van der Waals surface area contributed by atoms with Crippen LogP contribution in [0.4, 0.5) is 0 Å². The predicted octanol–water partition coefficient (Wildman–Crippen LogP) is 14.4. The molecule has 0 unspecified atom stereocenters. The van der Waals surface area contributed by atoms with E-state index in [-0.39, 0.29) is 0 Å². The SMILES string of the molecule is c1ccc(-c2ccc(-c3nc(-c4ccccc4)nc(-c4cccc(-c5ccccc5)c4-n4c5ccccc5c5ccc(-n6c7ccccc7c7ccccc76)cc54)n3)cc2)cc1. The van der Waals surface area contributed by atoms with E-state index >= 15 is 0 Å². The second-order valence-corrected chi connectivity index (χ2v) is 15.6. The van der Waals surface area contributed by atoms with Crippen molar-refractivity contribution in [1.29, 1.82) is 0 Å². The van der Waals surface area contributed by atoms with E-state index in [2.05, 4.69) is 209 Å². The molecule has 0 bridgehead atoms. The molecule has 290 valence electrons. The molecule has 5 nitrogen and oxygen atoms in total. The maximum Gasteiger partial charge on any atom is 0.166 e. The van der Waals surface area contributed by atoms with Crippen LogP contribution in [0.2, 0.25) is 0 Å². The summed E-state index contributed by atoms with van der Waals surface area (Å²) >= 11 is 0. The van der Waals surface area contributed by atoms with Gasteiger partial charge in [-0.1, -0.05) is 188 Å². The third-order valence-electron chi connectivity index (χ3n) is 12.0. The number of para-hydroxylation sites is 4. The molecule has 12 aromatic rings. The summed E-state index contributed by atoms with van der Waals surface area (Å²) in [4.78, 5) is 15.8. The van der Waals surface area contributed by atoms with E-state index in [1.807, 2.05) is 24.3 Å². The molecule has 0 aliphatic heterocycles. The number of benzene rings is 9. The van der Waals surface area contributed by atoms with Crippen molar-refractivity contribution in [3.05, 3.63) is 224 Å². The number of rotatable bonds is 7. The maximum absolute atomic E-state index is 5.35. The van der Waals surface area contributed by atoms with Gasteiger partial charge in [0.2, 0.25) is 0 Å². The zero-order valence-corrected chi connectivity index (χ0v) is 33.6. The van der Waals surface area contributed by atoms with Gasteiger partial charge in [-0.25, -0.2) is 15.0 Å². The van der Waals surface area contributed by atoms with Gasteiger partial charge < -0.3 is 9.13 Å². The number of aromatic nitrogens is 5. The zero-order chi connectivity index (χ0) is 41.0. The quantitative estimate of drug-likeness (QED) is 0.162.